The number of ether oxygens (including phenoxy) is 1. The minimum atomic E-state index is -1.11. The molecular weight excluding hydrogens is 174 g/mol. The van der Waals surface area contributed by atoms with E-state index < -0.39 is 5.97 Å². The maximum absolute atomic E-state index is 10.6. The molecule has 0 fully saturated rings. The van der Waals surface area contributed by atoms with Crippen LogP contribution in [0, 0.1) is 0 Å². The van der Waals surface area contributed by atoms with Gasteiger partial charge in [0, 0.05) is 13.5 Å². The number of nitrogens with zero attached hydrogens (tertiary/aromatic N) is 1. The lowest BCUT2D eigenvalue weighted by Gasteiger charge is -1.92. The molecule has 1 aromatic heterocycles. The van der Waals surface area contributed by atoms with Gasteiger partial charge in [-0.25, -0.2) is 9.78 Å². The fourth-order valence-electron chi connectivity index (χ4n) is 0.954. The summed E-state index contributed by atoms with van der Waals surface area (Å²) >= 11 is 0. The van der Waals surface area contributed by atoms with Crippen LogP contribution in [-0.4, -0.2) is 23.2 Å². The summed E-state index contributed by atoms with van der Waals surface area (Å²) in [6.45, 7) is 2.00. The second kappa shape index (κ2) is 4.04. The van der Waals surface area contributed by atoms with Crippen molar-refractivity contribution < 1.29 is 19.1 Å². The lowest BCUT2D eigenvalue weighted by Crippen LogP contribution is -2.00. The zero-order valence-electron chi connectivity index (χ0n) is 7.53. The third-order valence-electron chi connectivity index (χ3n) is 1.52. The largest absolute Gasteiger partial charge is 0.475 e. The van der Waals surface area contributed by atoms with Gasteiger partial charge in [0.05, 0.1) is 6.61 Å². The van der Waals surface area contributed by atoms with Gasteiger partial charge in [-0.15, -0.1) is 0 Å². The summed E-state index contributed by atoms with van der Waals surface area (Å²) in [5.41, 5.74) is 0.340. The van der Waals surface area contributed by atoms with Crippen molar-refractivity contribution in [2.75, 3.05) is 7.11 Å². The number of hydrogen-bond donors (Lipinski definition) is 1. The average molecular weight is 185 g/mol. The highest BCUT2D eigenvalue weighted by Crippen LogP contribution is 2.12. The quantitative estimate of drug-likeness (QED) is 0.759. The molecule has 0 saturated heterocycles. The molecule has 0 aliphatic carbocycles. The molecule has 1 N–H and O–H groups in total. The molecule has 0 bridgehead atoms. The Hall–Kier alpha value is -1.36. The molecule has 72 valence electrons. The SMILES string of the molecule is CCc1nc(COC)c(C(=O)O)o1. The lowest BCUT2D eigenvalue weighted by atomic mass is 10.3. The van der Waals surface area contributed by atoms with Gasteiger partial charge in [0.1, 0.15) is 5.69 Å². The lowest BCUT2D eigenvalue weighted by molar-refractivity contribution is 0.0654. The number of aryl methyl sites for hydroxylation is 1. The molecule has 5 nitrogen and oxygen atoms in total. The number of oxazole rings is 1. The second-order valence-corrected chi connectivity index (χ2v) is 2.48. The fraction of sp³-hybridized carbons (Fsp3) is 0.500. The smallest absolute Gasteiger partial charge is 0.373 e. The Morgan fingerprint density at radius 3 is 2.85 bits per heavy atom. The normalized spacial score (nSPS) is 10.3. The average Bonchev–Trinajstić information content (AvgIpc) is 2.48. The van der Waals surface area contributed by atoms with Crippen molar-refractivity contribution in [3.8, 4) is 0 Å². The van der Waals surface area contributed by atoms with Gasteiger partial charge in [0.15, 0.2) is 5.89 Å². The van der Waals surface area contributed by atoms with Crippen molar-refractivity contribution in [2.24, 2.45) is 0 Å². The van der Waals surface area contributed by atoms with Gasteiger partial charge in [-0.2, -0.15) is 0 Å². The number of aromatic carboxylic acids is 1. The Balaban J connectivity index is 3.00. The van der Waals surface area contributed by atoms with Gasteiger partial charge in [-0.3, -0.25) is 0 Å². The van der Waals surface area contributed by atoms with Crippen molar-refractivity contribution in [1.82, 2.24) is 4.98 Å². The second-order valence-electron chi connectivity index (χ2n) is 2.48. The predicted molar refractivity (Wildman–Crippen MR) is 43.6 cm³/mol. The van der Waals surface area contributed by atoms with Gasteiger partial charge in [0.2, 0.25) is 5.76 Å². The zero-order valence-corrected chi connectivity index (χ0v) is 7.53. The van der Waals surface area contributed by atoms with Crippen molar-refractivity contribution in [3.63, 3.8) is 0 Å². The number of rotatable bonds is 4. The molecule has 0 aromatic carbocycles. The standard InChI is InChI=1S/C8H11NO4/c1-3-6-9-5(4-12-2)7(13-6)8(10)11/h3-4H2,1-2H3,(H,10,11). The number of carbonyl (C=O) groups is 1. The first-order valence-electron chi connectivity index (χ1n) is 3.89. The Kier molecular flexibility index (Phi) is 3.02. The number of methoxy groups -OCH3 is 1. The number of aromatic nitrogens is 1. The van der Waals surface area contributed by atoms with Gasteiger partial charge in [-0.1, -0.05) is 6.92 Å². The van der Waals surface area contributed by atoms with E-state index in [2.05, 4.69) is 4.98 Å². The maximum Gasteiger partial charge on any atom is 0.373 e. The highest BCUT2D eigenvalue weighted by molar-refractivity contribution is 5.85. The van der Waals surface area contributed by atoms with E-state index >= 15 is 0 Å². The molecule has 1 aromatic rings. The Bertz CT molecular complexity index is 305. The Labute approximate surface area is 75.3 Å². The van der Waals surface area contributed by atoms with Crippen LogP contribution in [0.1, 0.15) is 29.1 Å². The van der Waals surface area contributed by atoms with Crippen LogP contribution in [0.3, 0.4) is 0 Å². The molecule has 0 saturated carbocycles. The number of hydrogen-bond acceptors (Lipinski definition) is 4. The molecule has 0 unspecified atom stereocenters. The van der Waals surface area contributed by atoms with Crippen molar-refractivity contribution in [2.45, 2.75) is 20.0 Å². The van der Waals surface area contributed by atoms with Crippen molar-refractivity contribution in [3.05, 3.63) is 17.3 Å². The van der Waals surface area contributed by atoms with E-state index in [1.807, 2.05) is 6.92 Å². The van der Waals surface area contributed by atoms with Crippen LogP contribution in [0.25, 0.3) is 0 Å². The molecule has 0 radical (unpaired) electrons. The van der Waals surface area contributed by atoms with Crippen molar-refractivity contribution >= 4 is 5.97 Å². The molecule has 0 aliphatic rings. The highest BCUT2D eigenvalue weighted by atomic mass is 16.5. The molecule has 0 amide bonds. The first-order valence-corrected chi connectivity index (χ1v) is 3.89. The van der Waals surface area contributed by atoms with Gasteiger partial charge in [-0.05, 0) is 0 Å². The molecule has 0 aliphatic heterocycles. The first kappa shape index (κ1) is 9.73. The van der Waals surface area contributed by atoms with E-state index in [9.17, 15) is 4.79 Å². The Morgan fingerprint density at radius 2 is 2.38 bits per heavy atom. The van der Waals surface area contributed by atoms with E-state index in [0.717, 1.165) is 0 Å². The highest BCUT2D eigenvalue weighted by Gasteiger charge is 2.18. The summed E-state index contributed by atoms with van der Waals surface area (Å²) in [4.78, 5) is 14.6. The zero-order chi connectivity index (χ0) is 9.84. The summed E-state index contributed by atoms with van der Waals surface area (Å²) in [6, 6.07) is 0. The summed E-state index contributed by atoms with van der Waals surface area (Å²) < 4.78 is 9.78. The molecular formula is C8H11NO4. The van der Waals surface area contributed by atoms with Crippen molar-refractivity contribution in [1.29, 1.82) is 0 Å². The van der Waals surface area contributed by atoms with E-state index in [-0.39, 0.29) is 12.4 Å². The summed E-state index contributed by atoms with van der Waals surface area (Å²) in [6.07, 6.45) is 0.573. The molecule has 1 rings (SSSR count). The minimum Gasteiger partial charge on any atom is -0.475 e. The van der Waals surface area contributed by atoms with Gasteiger partial charge < -0.3 is 14.3 Å². The topological polar surface area (TPSA) is 72.6 Å². The van der Waals surface area contributed by atoms with Crippen LogP contribution in [0.5, 0.6) is 0 Å². The maximum atomic E-state index is 10.6. The van der Waals surface area contributed by atoms with Crippen LogP contribution in [0.15, 0.2) is 4.42 Å². The van der Waals surface area contributed by atoms with Crippen LogP contribution in [-0.2, 0) is 17.8 Å². The Morgan fingerprint density at radius 1 is 1.69 bits per heavy atom. The molecule has 13 heavy (non-hydrogen) atoms. The molecule has 5 heteroatoms. The van der Waals surface area contributed by atoms with Crippen LogP contribution < -0.4 is 0 Å². The van der Waals surface area contributed by atoms with E-state index in [4.69, 9.17) is 14.3 Å². The molecule has 0 atom stereocenters. The third-order valence-corrected chi connectivity index (χ3v) is 1.52. The molecule has 0 spiro atoms. The third kappa shape index (κ3) is 2.06. The summed E-state index contributed by atoms with van der Waals surface area (Å²) in [7, 11) is 1.48. The number of carboxylic acids is 1. The van der Waals surface area contributed by atoms with Gasteiger partial charge in [0.25, 0.3) is 0 Å². The summed E-state index contributed by atoms with van der Waals surface area (Å²) in [5.74, 6) is -0.817. The monoisotopic (exact) mass is 185 g/mol. The number of carboxylic acid groups (broad SMARTS) is 1. The minimum absolute atomic E-state index is 0.126. The first-order chi connectivity index (χ1) is 6.19. The van der Waals surface area contributed by atoms with Crippen LogP contribution in [0.4, 0.5) is 0 Å². The van der Waals surface area contributed by atoms with E-state index in [1.165, 1.54) is 7.11 Å². The van der Waals surface area contributed by atoms with E-state index in [0.29, 0.717) is 18.0 Å². The van der Waals surface area contributed by atoms with Gasteiger partial charge >= 0.3 is 5.97 Å². The molecule has 1 heterocycles. The van der Waals surface area contributed by atoms with Crippen LogP contribution in [0.2, 0.25) is 0 Å². The fourth-order valence-corrected chi connectivity index (χ4v) is 0.954. The van der Waals surface area contributed by atoms with Crippen LogP contribution >= 0.6 is 0 Å². The predicted octanol–water partition coefficient (Wildman–Crippen LogP) is 1.08. The van der Waals surface area contributed by atoms with E-state index in [1.54, 1.807) is 0 Å². The summed E-state index contributed by atoms with van der Waals surface area (Å²) in [5, 5.41) is 8.71.